The molecule has 0 saturated carbocycles. The number of aliphatic hydroxyl groups excluding tert-OH is 1. The Labute approximate surface area is 97.4 Å². The predicted octanol–water partition coefficient (Wildman–Crippen LogP) is 1.22. The summed E-state index contributed by atoms with van der Waals surface area (Å²) in [6.07, 6.45) is 1.44. The van der Waals surface area contributed by atoms with Crippen LogP contribution in [0.5, 0.6) is 0 Å². The van der Waals surface area contributed by atoms with E-state index in [-0.39, 0.29) is 6.10 Å². The molecule has 0 fully saturated rings. The minimum absolute atomic E-state index is 0.280. The average molecular weight is 223 g/mol. The summed E-state index contributed by atoms with van der Waals surface area (Å²) in [6, 6.07) is 10.2. The van der Waals surface area contributed by atoms with Crippen molar-refractivity contribution < 1.29 is 9.84 Å². The standard InChI is InChI=1S/C13H21NO2/c1-16-10-9-14-11-13(15)8-7-12-5-3-2-4-6-12/h2-6,13-15H,7-11H2,1H3. The summed E-state index contributed by atoms with van der Waals surface area (Å²) in [6.45, 7) is 2.11. The summed E-state index contributed by atoms with van der Waals surface area (Å²) in [7, 11) is 1.67. The van der Waals surface area contributed by atoms with E-state index in [1.807, 2.05) is 18.2 Å². The molecule has 1 aromatic carbocycles. The Morgan fingerprint density at radius 3 is 2.75 bits per heavy atom. The Balaban J connectivity index is 2.08. The summed E-state index contributed by atoms with van der Waals surface area (Å²) >= 11 is 0. The Bertz CT molecular complexity index is 264. The lowest BCUT2D eigenvalue weighted by Gasteiger charge is -2.11. The highest BCUT2D eigenvalue weighted by Gasteiger charge is 2.03. The van der Waals surface area contributed by atoms with Crippen molar-refractivity contribution in [3.63, 3.8) is 0 Å². The van der Waals surface area contributed by atoms with Crippen LogP contribution in [0, 0.1) is 0 Å². The molecule has 1 rings (SSSR count). The smallest absolute Gasteiger partial charge is 0.0667 e. The second kappa shape index (κ2) is 8.28. The maximum atomic E-state index is 9.71. The summed E-state index contributed by atoms with van der Waals surface area (Å²) in [4.78, 5) is 0. The van der Waals surface area contributed by atoms with Crippen molar-refractivity contribution in [3.8, 4) is 0 Å². The Hall–Kier alpha value is -0.900. The number of hydrogen-bond acceptors (Lipinski definition) is 3. The van der Waals surface area contributed by atoms with E-state index in [0.29, 0.717) is 13.2 Å². The lowest BCUT2D eigenvalue weighted by Crippen LogP contribution is -2.29. The molecule has 16 heavy (non-hydrogen) atoms. The molecule has 0 aliphatic carbocycles. The molecule has 0 heterocycles. The molecule has 3 nitrogen and oxygen atoms in total. The highest BCUT2D eigenvalue weighted by atomic mass is 16.5. The minimum Gasteiger partial charge on any atom is -0.392 e. The Morgan fingerprint density at radius 2 is 2.06 bits per heavy atom. The van der Waals surface area contributed by atoms with Crippen LogP contribution in [-0.2, 0) is 11.2 Å². The molecular weight excluding hydrogens is 202 g/mol. The first-order valence-electron chi connectivity index (χ1n) is 5.74. The highest BCUT2D eigenvalue weighted by molar-refractivity contribution is 5.14. The van der Waals surface area contributed by atoms with Gasteiger partial charge in [0, 0.05) is 20.2 Å². The fourth-order valence-corrected chi connectivity index (χ4v) is 1.52. The van der Waals surface area contributed by atoms with Crippen molar-refractivity contribution in [2.45, 2.75) is 18.9 Å². The Morgan fingerprint density at radius 1 is 1.31 bits per heavy atom. The van der Waals surface area contributed by atoms with Gasteiger partial charge in [0.05, 0.1) is 12.7 Å². The molecule has 3 heteroatoms. The molecule has 0 bridgehead atoms. The zero-order chi connectivity index (χ0) is 11.6. The zero-order valence-corrected chi connectivity index (χ0v) is 9.86. The molecular formula is C13H21NO2. The van der Waals surface area contributed by atoms with E-state index >= 15 is 0 Å². The predicted molar refractivity (Wildman–Crippen MR) is 65.5 cm³/mol. The van der Waals surface area contributed by atoms with Crippen molar-refractivity contribution in [1.29, 1.82) is 0 Å². The maximum absolute atomic E-state index is 9.71. The van der Waals surface area contributed by atoms with E-state index in [2.05, 4.69) is 17.4 Å². The first-order chi connectivity index (χ1) is 7.83. The number of rotatable bonds is 8. The van der Waals surface area contributed by atoms with Crippen LogP contribution in [0.1, 0.15) is 12.0 Å². The second-order valence-corrected chi connectivity index (χ2v) is 3.88. The number of aliphatic hydroxyl groups is 1. The van der Waals surface area contributed by atoms with Gasteiger partial charge in [-0.1, -0.05) is 30.3 Å². The van der Waals surface area contributed by atoms with Crippen LogP contribution < -0.4 is 5.32 Å². The fraction of sp³-hybridized carbons (Fsp3) is 0.538. The number of hydrogen-bond donors (Lipinski definition) is 2. The fourth-order valence-electron chi connectivity index (χ4n) is 1.52. The SMILES string of the molecule is COCCNCC(O)CCc1ccccc1. The van der Waals surface area contributed by atoms with E-state index in [1.165, 1.54) is 5.56 Å². The molecule has 0 aliphatic rings. The van der Waals surface area contributed by atoms with Crippen molar-refractivity contribution in [3.05, 3.63) is 35.9 Å². The van der Waals surface area contributed by atoms with Crippen molar-refractivity contribution in [2.75, 3.05) is 26.8 Å². The van der Waals surface area contributed by atoms with Gasteiger partial charge >= 0.3 is 0 Å². The summed E-state index contributed by atoms with van der Waals surface area (Å²) in [5.74, 6) is 0. The molecule has 0 aromatic heterocycles. The van der Waals surface area contributed by atoms with E-state index in [0.717, 1.165) is 19.4 Å². The third-order valence-electron chi connectivity index (χ3n) is 2.47. The molecule has 0 aliphatic heterocycles. The third-order valence-corrected chi connectivity index (χ3v) is 2.47. The molecule has 0 radical (unpaired) electrons. The lowest BCUT2D eigenvalue weighted by atomic mass is 10.1. The lowest BCUT2D eigenvalue weighted by molar-refractivity contribution is 0.152. The number of benzene rings is 1. The third kappa shape index (κ3) is 5.85. The maximum Gasteiger partial charge on any atom is 0.0667 e. The quantitative estimate of drug-likeness (QED) is 0.651. The van der Waals surface area contributed by atoms with Gasteiger partial charge in [0.25, 0.3) is 0 Å². The normalized spacial score (nSPS) is 12.6. The summed E-state index contributed by atoms with van der Waals surface area (Å²) < 4.78 is 4.91. The average Bonchev–Trinajstić information content (AvgIpc) is 2.33. The van der Waals surface area contributed by atoms with Gasteiger partial charge in [-0.05, 0) is 18.4 Å². The first-order valence-corrected chi connectivity index (χ1v) is 5.74. The van der Waals surface area contributed by atoms with Crippen LogP contribution in [0.25, 0.3) is 0 Å². The van der Waals surface area contributed by atoms with Gasteiger partial charge < -0.3 is 15.2 Å². The molecule has 0 spiro atoms. The van der Waals surface area contributed by atoms with E-state index in [9.17, 15) is 5.11 Å². The van der Waals surface area contributed by atoms with Gasteiger partial charge in [0.15, 0.2) is 0 Å². The van der Waals surface area contributed by atoms with E-state index < -0.39 is 0 Å². The van der Waals surface area contributed by atoms with Crippen molar-refractivity contribution in [1.82, 2.24) is 5.32 Å². The van der Waals surface area contributed by atoms with Gasteiger partial charge in [-0.25, -0.2) is 0 Å². The molecule has 0 amide bonds. The summed E-state index contributed by atoms with van der Waals surface area (Å²) in [5, 5.41) is 12.9. The molecule has 90 valence electrons. The van der Waals surface area contributed by atoms with Crippen molar-refractivity contribution >= 4 is 0 Å². The van der Waals surface area contributed by atoms with Crippen LogP contribution in [0.2, 0.25) is 0 Å². The molecule has 0 saturated heterocycles. The van der Waals surface area contributed by atoms with Crippen LogP contribution in [-0.4, -0.2) is 38.0 Å². The van der Waals surface area contributed by atoms with Gasteiger partial charge in [-0.2, -0.15) is 0 Å². The van der Waals surface area contributed by atoms with Gasteiger partial charge in [0.2, 0.25) is 0 Å². The van der Waals surface area contributed by atoms with Crippen LogP contribution in [0.3, 0.4) is 0 Å². The van der Waals surface area contributed by atoms with Crippen molar-refractivity contribution in [2.24, 2.45) is 0 Å². The number of ether oxygens (including phenoxy) is 1. The highest BCUT2D eigenvalue weighted by Crippen LogP contribution is 2.04. The topological polar surface area (TPSA) is 41.5 Å². The number of aryl methyl sites for hydroxylation is 1. The van der Waals surface area contributed by atoms with Gasteiger partial charge in [-0.3, -0.25) is 0 Å². The number of nitrogens with one attached hydrogen (secondary N) is 1. The van der Waals surface area contributed by atoms with Gasteiger partial charge in [-0.15, -0.1) is 0 Å². The minimum atomic E-state index is -0.280. The van der Waals surface area contributed by atoms with Crippen LogP contribution in [0.4, 0.5) is 0 Å². The number of methoxy groups -OCH3 is 1. The molecule has 2 N–H and O–H groups in total. The molecule has 1 unspecified atom stereocenters. The zero-order valence-electron chi connectivity index (χ0n) is 9.86. The van der Waals surface area contributed by atoms with Crippen LogP contribution >= 0.6 is 0 Å². The first kappa shape index (κ1) is 13.2. The van der Waals surface area contributed by atoms with E-state index in [4.69, 9.17) is 4.74 Å². The van der Waals surface area contributed by atoms with Gasteiger partial charge in [0.1, 0.15) is 0 Å². The van der Waals surface area contributed by atoms with E-state index in [1.54, 1.807) is 7.11 Å². The monoisotopic (exact) mass is 223 g/mol. The molecule has 1 aromatic rings. The Kier molecular flexibility index (Phi) is 6.81. The summed E-state index contributed by atoms with van der Waals surface area (Å²) in [5.41, 5.74) is 1.28. The molecule has 1 atom stereocenters. The largest absolute Gasteiger partial charge is 0.392 e. The second-order valence-electron chi connectivity index (χ2n) is 3.88. The van der Waals surface area contributed by atoms with Crippen LogP contribution in [0.15, 0.2) is 30.3 Å².